The van der Waals surface area contributed by atoms with E-state index in [1.807, 2.05) is 16.5 Å². The molecule has 0 spiro atoms. The minimum Gasteiger partial charge on any atom is -0.336 e. The van der Waals surface area contributed by atoms with Crippen molar-refractivity contribution >= 4 is 21.8 Å². The summed E-state index contributed by atoms with van der Waals surface area (Å²) >= 11 is 3.57. The van der Waals surface area contributed by atoms with Crippen LogP contribution in [-0.4, -0.2) is 40.2 Å². The van der Waals surface area contributed by atoms with Crippen LogP contribution in [0.1, 0.15) is 24.7 Å². The van der Waals surface area contributed by atoms with Crippen LogP contribution < -0.4 is 5.32 Å². The van der Waals surface area contributed by atoms with Crippen LogP contribution in [0.2, 0.25) is 0 Å². The quantitative estimate of drug-likeness (QED) is 0.915. The number of aryl methyl sites for hydroxylation is 2. The lowest BCUT2D eigenvalue weighted by atomic mass is 10.3. The van der Waals surface area contributed by atoms with Gasteiger partial charge in [-0.25, -0.2) is 0 Å². The van der Waals surface area contributed by atoms with E-state index < -0.39 is 0 Å². The standard InChI is InChI=1S/C12H19BrN4O/c1-3-17-10(12(13)9(2)15-17)8-16-6-4-5-14-7-11(16)18/h14H,3-8H2,1-2H3. The molecule has 1 aromatic rings. The average molecular weight is 315 g/mol. The Morgan fingerprint density at radius 2 is 2.28 bits per heavy atom. The first-order valence-electron chi connectivity index (χ1n) is 6.33. The molecule has 0 radical (unpaired) electrons. The molecule has 2 heterocycles. The van der Waals surface area contributed by atoms with E-state index in [4.69, 9.17) is 0 Å². The smallest absolute Gasteiger partial charge is 0.236 e. The lowest BCUT2D eigenvalue weighted by Gasteiger charge is -2.20. The third kappa shape index (κ3) is 2.75. The van der Waals surface area contributed by atoms with Crippen LogP contribution in [0.3, 0.4) is 0 Å². The fraction of sp³-hybridized carbons (Fsp3) is 0.667. The molecule has 0 unspecified atom stereocenters. The second-order valence-corrected chi connectivity index (χ2v) is 5.30. The zero-order chi connectivity index (χ0) is 13.1. The Morgan fingerprint density at radius 1 is 1.50 bits per heavy atom. The molecule has 1 aliphatic rings. The summed E-state index contributed by atoms with van der Waals surface area (Å²) in [4.78, 5) is 13.9. The first-order chi connectivity index (χ1) is 8.63. The molecular formula is C12H19BrN4O. The van der Waals surface area contributed by atoms with Crippen LogP contribution in [0.4, 0.5) is 0 Å². The Bertz CT molecular complexity index is 444. The number of carbonyl (C=O) groups excluding carboxylic acids is 1. The number of hydrogen-bond donors (Lipinski definition) is 1. The Kier molecular flexibility index (Phi) is 4.40. The van der Waals surface area contributed by atoms with Gasteiger partial charge in [-0.2, -0.15) is 5.10 Å². The van der Waals surface area contributed by atoms with E-state index in [1.54, 1.807) is 0 Å². The second kappa shape index (κ2) is 5.84. The van der Waals surface area contributed by atoms with Gasteiger partial charge in [-0.1, -0.05) is 0 Å². The molecule has 0 aliphatic carbocycles. The van der Waals surface area contributed by atoms with Crippen LogP contribution in [0.15, 0.2) is 4.47 Å². The summed E-state index contributed by atoms with van der Waals surface area (Å²) in [6.07, 6.45) is 1.00. The van der Waals surface area contributed by atoms with Crippen molar-refractivity contribution in [2.45, 2.75) is 33.4 Å². The van der Waals surface area contributed by atoms with Gasteiger partial charge < -0.3 is 10.2 Å². The van der Waals surface area contributed by atoms with E-state index in [2.05, 4.69) is 33.3 Å². The fourth-order valence-electron chi connectivity index (χ4n) is 2.19. The summed E-state index contributed by atoms with van der Waals surface area (Å²) in [5.41, 5.74) is 2.07. The summed E-state index contributed by atoms with van der Waals surface area (Å²) in [7, 11) is 0. The molecule has 1 N–H and O–H groups in total. The molecule has 1 saturated heterocycles. The molecule has 0 aromatic carbocycles. The van der Waals surface area contributed by atoms with Crippen LogP contribution in [0.25, 0.3) is 0 Å². The zero-order valence-electron chi connectivity index (χ0n) is 10.9. The Labute approximate surface area is 116 Å². The highest BCUT2D eigenvalue weighted by molar-refractivity contribution is 9.10. The molecule has 1 amide bonds. The van der Waals surface area contributed by atoms with Crippen molar-refractivity contribution in [3.63, 3.8) is 0 Å². The van der Waals surface area contributed by atoms with Crippen LogP contribution in [-0.2, 0) is 17.9 Å². The summed E-state index contributed by atoms with van der Waals surface area (Å²) < 4.78 is 2.99. The molecule has 0 saturated carbocycles. The highest BCUT2D eigenvalue weighted by Gasteiger charge is 2.20. The molecule has 5 nitrogen and oxygen atoms in total. The minimum absolute atomic E-state index is 0.168. The summed E-state index contributed by atoms with van der Waals surface area (Å²) in [5, 5.41) is 7.59. The van der Waals surface area contributed by atoms with Gasteiger partial charge in [0.2, 0.25) is 5.91 Å². The van der Waals surface area contributed by atoms with Crippen LogP contribution >= 0.6 is 15.9 Å². The van der Waals surface area contributed by atoms with Gasteiger partial charge in [0, 0.05) is 13.1 Å². The second-order valence-electron chi connectivity index (χ2n) is 4.51. The maximum atomic E-state index is 12.0. The monoisotopic (exact) mass is 314 g/mol. The molecule has 0 bridgehead atoms. The highest BCUT2D eigenvalue weighted by atomic mass is 79.9. The molecular weight excluding hydrogens is 296 g/mol. The van der Waals surface area contributed by atoms with Gasteiger partial charge in [0.25, 0.3) is 0 Å². The van der Waals surface area contributed by atoms with E-state index >= 15 is 0 Å². The van der Waals surface area contributed by atoms with Gasteiger partial charge in [-0.3, -0.25) is 9.48 Å². The van der Waals surface area contributed by atoms with Gasteiger partial charge in [-0.05, 0) is 42.7 Å². The fourth-order valence-corrected chi connectivity index (χ4v) is 2.60. The first kappa shape index (κ1) is 13.5. The van der Waals surface area contributed by atoms with Gasteiger partial charge >= 0.3 is 0 Å². The van der Waals surface area contributed by atoms with E-state index in [0.717, 1.165) is 41.9 Å². The van der Waals surface area contributed by atoms with Gasteiger partial charge in [-0.15, -0.1) is 0 Å². The lowest BCUT2D eigenvalue weighted by molar-refractivity contribution is -0.130. The molecule has 100 valence electrons. The molecule has 1 fully saturated rings. The molecule has 18 heavy (non-hydrogen) atoms. The van der Waals surface area contributed by atoms with Crippen LogP contribution in [0, 0.1) is 6.92 Å². The number of nitrogens with zero attached hydrogens (tertiary/aromatic N) is 3. The lowest BCUT2D eigenvalue weighted by Crippen LogP contribution is -2.35. The van der Waals surface area contributed by atoms with Crippen molar-refractivity contribution in [3.8, 4) is 0 Å². The maximum absolute atomic E-state index is 12.0. The first-order valence-corrected chi connectivity index (χ1v) is 7.13. The average Bonchev–Trinajstić information content (AvgIpc) is 2.53. The number of aromatic nitrogens is 2. The van der Waals surface area contributed by atoms with Gasteiger partial charge in [0.1, 0.15) is 0 Å². The molecule has 1 aliphatic heterocycles. The molecule has 6 heteroatoms. The number of rotatable bonds is 3. The van der Waals surface area contributed by atoms with Crippen molar-refractivity contribution in [3.05, 3.63) is 15.9 Å². The van der Waals surface area contributed by atoms with E-state index in [0.29, 0.717) is 13.1 Å². The van der Waals surface area contributed by atoms with Crippen LogP contribution in [0.5, 0.6) is 0 Å². The number of halogens is 1. The predicted octanol–water partition coefficient (Wildman–Crippen LogP) is 1.30. The van der Waals surface area contributed by atoms with Crippen molar-refractivity contribution in [1.82, 2.24) is 20.0 Å². The molecule has 1 aromatic heterocycles. The van der Waals surface area contributed by atoms with Crippen molar-refractivity contribution < 1.29 is 4.79 Å². The summed E-state index contributed by atoms with van der Waals surface area (Å²) in [6, 6.07) is 0. The number of carbonyl (C=O) groups is 1. The minimum atomic E-state index is 0.168. The zero-order valence-corrected chi connectivity index (χ0v) is 12.5. The van der Waals surface area contributed by atoms with Gasteiger partial charge in [0.05, 0.1) is 29.0 Å². The number of nitrogens with one attached hydrogen (secondary N) is 1. The summed E-state index contributed by atoms with van der Waals surface area (Å²) in [6.45, 7) is 7.66. The largest absolute Gasteiger partial charge is 0.336 e. The molecule has 2 rings (SSSR count). The number of amides is 1. The van der Waals surface area contributed by atoms with Crippen molar-refractivity contribution in [1.29, 1.82) is 0 Å². The normalized spacial score (nSPS) is 17.1. The van der Waals surface area contributed by atoms with E-state index in [1.165, 1.54) is 0 Å². The Morgan fingerprint density at radius 3 is 3.00 bits per heavy atom. The highest BCUT2D eigenvalue weighted by Crippen LogP contribution is 2.22. The number of hydrogen-bond acceptors (Lipinski definition) is 3. The summed E-state index contributed by atoms with van der Waals surface area (Å²) in [5.74, 6) is 0.168. The predicted molar refractivity (Wildman–Crippen MR) is 73.2 cm³/mol. The van der Waals surface area contributed by atoms with E-state index in [9.17, 15) is 4.79 Å². The topological polar surface area (TPSA) is 50.2 Å². The van der Waals surface area contributed by atoms with Gasteiger partial charge in [0.15, 0.2) is 0 Å². The van der Waals surface area contributed by atoms with Crippen molar-refractivity contribution in [2.24, 2.45) is 0 Å². The Hall–Kier alpha value is -0.880. The maximum Gasteiger partial charge on any atom is 0.236 e. The third-order valence-electron chi connectivity index (χ3n) is 3.20. The SMILES string of the molecule is CCn1nc(C)c(Br)c1CN1CCCNCC1=O. The van der Waals surface area contributed by atoms with E-state index in [-0.39, 0.29) is 5.91 Å². The van der Waals surface area contributed by atoms with Crippen molar-refractivity contribution in [2.75, 3.05) is 19.6 Å². The Balaban J connectivity index is 2.19. The third-order valence-corrected chi connectivity index (χ3v) is 4.24. The molecule has 0 atom stereocenters.